The molecule has 2 aromatic carbocycles. The molecule has 3 rings (SSSR count). The maximum absolute atomic E-state index is 12.7. The van der Waals surface area contributed by atoms with Gasteiger partial charge in [-0.3, -0.25) is 9.69 Å². The second-order valence-electron chi connectivity index (χ2n) is 6.72. The molecule has 1 amide bonds. The normalized spacial score (nSPS) is 17.3. The van der Waals surface area contributed by atoms with E-state index < -0.39 is 5.97 Å². The zero-order valence-corrected chi connectivity index (χ0v) is 16.0. The molecule has 5 nitrogen and oxygen atoms in total. The maximum Gasteiger partial charge on any atom is 0.337 e. The van der Waals surface area contributed by atoms with Gasteiger partial charge < -0.3 is 10.1 Å². The largest absolute Gasteiger partial charge is 0.465 e. The number of rotatable bonds is 5. The number of ether oxygens (including phenoxy) is 1. The molecule has 1 fully saturated rings. The van der Waals surface area contributed by atoms with Gasteiger partial charge in [0.15, 0.2) is 0 Å². The monoisotopic (exact) mass is 386 g/mol. The van der Waals surface area contributed by atoms with E-state index in [0.29, 0.717) is 17.8 Å². The number of anilines is 1. The number of esters is 1. The summed E-state index contributed by atoms with van der Waals surface area (Å²) < 4.78 is 4.68. The fourth-order valence-corrected chi connectivity index (χ4v) is 3.53. The lowest BCUT2D eigenvalue weighted by molar-refractivity contribution is -0.121. The molecule has 0 radical (unpaired) electrons. The SMILES string of the molecule is COC(=O)c1ccc(NC(=O)[C@@H]2CCCN(Cc3ccccc3Cl)C2)cc1. The van der Waals surface area contributed by atoms with Crippen LogP contribution in [0.1, 0.15) is 28.8 Å². The van der Waals surface area contributed by atoms with Crippen molar-refractivity contribution in [2.75, 3.05) is 25.5 Å². The summed E-state index contributed by atoms with van der Waals surface area (Å²) in [4.78, 5) is 26.4. The summed E-state index contributed by atoms with van der Waals surface area (Å²) in [5.41, 5.74) is 2.22. The highest BCUT2D eigenvalue weighted by molar-refractivity contribution is 6.31. The van der Waals surface area contributed by atoms with Gasteiger partial charge in [0.2, 0.25) is 5.91 Å². The van der Waals surface area contributed by atoms with Crippen LogP contribution in [0.25, 0.3) is 0 Å². The Morgan fingerprint density at radius 2 is 1.93 bits per heavy atom. The Kier molecular flexibility index (Phi) is 6.48. The number of methoxy groups -OCH3 is 1. The number of likely N-dealkylation sites (tertiary alicyclic amines) is 1. The van der Waals surface area contributed by atoms with Crippen molar-refractivity contribution in [1.82, 2.24) is 4.90 Å². The lowest BCUT2D eigenvalue weighted by Crippen LogP contribution is -2.40. The second kappa shape index (κ2) is 9.02. The molecule has 2 aromatic rings. The Balaban J connectivity index is 1.58. The molecule has 1 N–H and O–H groups in total. The Morgan fingerprint density at radius 3 is 2.63 bits per heavy atom. The molecular weight excluding hydrogens is 364 g/mol. The van der Waals surface area contributed by atoms with Crippen molar-refractivity contribution in [2.24, 2.45) is 5.92 Å². The first-order chi connectivity index (χ1) is 13.1. The molecule has 1 atom stereocenters. The molecule has 0 unspecified atom stereocenters. The van der Waals surface area contributed by atoms with E-state index in [9.17, 15) is 9.59 Å². The van der Waals surface area contributed by atoms with E-state index in [1.54, 1.807) is 24.3 Å². The summed E-state index contributed by atoms with van der Waals surface area (Å²) in [6.07, 6.45) is 1.84. The van der Waals surface area contributed by atoms with Crippen molar-refractivity contribution in [3.05, 3.63) is 64.7 Å². The number of piperidine rings is 1. The quantitative estimate of drug-likeness (QED) is 0.790. The van der Waals surface area contributed by atoms with Crippen LogP contribution in [-0.4, -0.2) is 37.0 Å². The summed E-state index contributed by atoms with van der Waals surface area (Å²) in [5, 5.41) is 3.71. The maximum atomic E-state index is 12.7. The van der Waals surface area contributed by atoms with Gasteiger partial charge in [0, 0.05) is 23.8 Å². The number of benzene rings is 2. The van der Waals surface area contributed by atoms with E-state index in [0.717, 1.165) is 36.5 Å². The first-order valence-corrected chi connectivity index (χ1v) is 9.39. The molecule has 6 heteroatoms. The van der Waals surface area contributed by atoms with Crippen molar-refractivity contribution >= 4 is 29.2 Å². The van der Waals surface area contributed by atoms with Gasteiger partial charge >= 0.3 is 5.97 Å². The van der Waals surface area contributed by atoms with Gasteiger partial charge in [0.05, 0.1) is 18.6 Å². The molecule has 1 heterocycles. The molecular formula is C21H23ClN2O3. The summed E-state index contributed by atoms with van der Waals surface area (Å²) in [6, 6.07) is 14.5. The van der Waals surface area contributed by atoms with Gasteiger partial charge in [-0.25, -0.2) is 4.79 Å². The highest BCUT2D eigenvalue weighted by atomic mass is 35.5. The van der Waals surface area contributed by atoms with Crippen molar-refractivity contribution in [2.45, 2.75) is 19.4 Å². The average Bonchev–Trinajstić information content (AvgIpc) is 2.70. The Bertz CT molecular complexity index is 807. The summed E-state index contributed by atoms with van der Waals surface area (Å²) in [7, 11) is 1.34. The molecule has 1 saturated heterocycles. The molecule has 0 bridgehead atoms. The van der Waals surface area contributed by atoms with E-state index in [4.69, 9.17) is 11.6 Å². The third kappa shape index (κ3) is 5.08. The smallest absolute Gasteiger partial charge is 0.337 e. The van der Waals surface area contributed by atoms with E-state index in [2.05, 4.69) is 15.0 Å². The van der Waals surface area contributed by atoms with Crippen LogP contribution in [0.3, 0.4) is 0 Å². The van der Waals surface area contributed by atoms with E-state index in [-0.39, 0.29) is 11.8 Å². The molecule has 0 aliphatic carbocycles. The third-order valence-corrected chi connectivity index (χ3v) is 5.17. The van der Waals surface area contributed by atoms with Gasteiger partial charge in [-0.05, 0) is 55.3 Å². The number of amides is 1. The number of nitrogens with one attached hydrogen (secondary N) is 1. The van der Waals surface area contributed by atoms with Crippen LogP contribution in [0.5, 0.6) is 0 Å². The van der Waals surface area contributed by atoms with Crippen molar-refractivity contribution in [3.63, 3.8) is 0 Å². The second-order valence-corrected chi connectivity index (χ2v) is 7.13. The summed E-state index contributed by atoms with van der Waals surface area (Å²) in [6.45, 7) is 2.41. The number of halogens is 1. The summed E-state index contributed by atoms with van der Waals surface area (Å²) >= 11 is 6.26. The number of carbonyl (C=O) groups is 2. The Labute approximate surface area is 164 Å². The minimum absolute atomic E-state index is 0.00433. The van der Waals surface area contributed by atoms with Crippen LogP contribution in [0.2, 0.25) is 5.02 Å². The van der Waals surface area contributed by atoms with Crippen LogP contribution < -0.4 is 5.32 Å². The standard InChI is InChI=1S/C21H23ClN2O3/c1-27-21(26)15-8-10-18(11-9-15)23-20(25)17-6-4-12-24(14-17)13-16-5-2-3-7-19(16)22/h2-3,5,7-11,17H,4,6,12-14H2,1H3,(H,23,25)/t17-/m1/s1. The van der Waals surface area contributed by atoms with Crippen LogP contribution in [-0.2, 0) is 16.1 Å². The van der Waals surface area contributed by atoms with Crippen molar-refractivity contribution < 1.29 is 14.3 Å². The zero-order valence-electron chi connectivity index (χ0n) is 15.3. The molecule has 0 aromatic heterocycles. The fraction of sp³-hybridized carbons (Fsp3) is 0.333. The topological polar surface area (TPSA) is 58.6 Å². The van der Waals surface area contributed by atoms with Crippen molar-refractivity contribution in [1.29, 1.82) is 0 Å². The average molecular weight is 387 g/mol. The highest BCUT2D eigenvalue weighted by Crippen LogP contribution is 2.23. The molecule has 27 heavy (non-hydrogen) atoms. The number of hydrogen-bond donors (Lipinski definition) is 1. The van der Waals surface area contributed by atoms with Gasteiger partial charge in [-0.2, -0.15) is 0 Å². The van der Waals surface area contributed by atoms with Crippen LogP contribution in [0.15, 0.2) is 48.5 Å². The minimum atomic E-state index is -0.393. The number of nitrogens with zero attached hydrogens (tertiary/aromatic N) is 1. The van der Waals surface area contributed by atoms with E-state index in [1.165, 1.54) is 7.11 Å². The minimum Gasteiger partial charge on any atom is -0.465 e. The fourth-order valence-electron chi connectivity index (χ4n) is 3.33. The van der Waals surface area contributed by atoms with Gasteiger partial charge in [0.25, 0.3) is 0 Å². The zero-order chi connectivity index (χ0) is 19.2. The third-order valence-electron chi connectivity index (χ3n) is 4.80. The predicted molar refractivity (Wildman–Crippen MR) is 106 cm³/mol. The van der Waals surface area contributed by atoms with E-state index in [1.807, 2.05) is 24.3 Å². The predicted octanol–water partition coefficient (Wildman–Crippen LogP) is 3.98. The number of hydrogen-bond acceptors (Lipinski definition) is 4. The first-order valence-electron chi connectivity index (χ1n) is 9.02. The molecule has 142 valence electrons. The molecule has 0 saturated carbocycles. The first kappa shape index (κ1) is 19.4. The molecule has 0 spiro atoms. The lowest BCUT2D eigenvalue weighted by Gasteiger charge is -2.32. The lowest BCUT2D eigenvalue weighted by atomic mass is 9.96. The number of carbonyl (C=O) groups excluding carboxylic acids is 2. The highest BCUT2D eigenvalue weighted by Gasteiger charge is 2.26. The van der Waals surface area contributed by atoms with Gasteiger partial charge in [-0.1, -0.05) is 29.8 Å². The Morgan fingerprint density at radius 1 is 1.19 bits per heavy atom. The molecule has 1 aliphatic rings. The van der Waals surface area contributed by atoms with Crippen LogP contribution >= 0.6 is 11.6 Å². The van der Waals surface area contributed by atoms with E-state index >= 15 is 0 Å². The van der Waals surface area contributed by atoms with Crippen molar-refractivity contribution in [3.8, 4) is 0 Å². The van der Waals surface area contributed by atoms with Crippen LogP contribution in [0, 0.1) is 5.92 Å². The Hall–Kier alpha value is -2.37. The molecule has 1 aliphatic heterocycles. The van der Waals surface area contributed by atoms with Crippen LogP contribution in [0.4, 0.5) is 5.69 Å². The van der Waals surface area contributed by atoms with Gasteiger partial charge in [0.1, 0.15) is 0 Å². The van der Waals surface area contributed by atoms with Gasteiger partial charge in [-0.15, -0.1) is 0 Å². The summed E-state index contributed by atoms with van der Waals surface area (Å²) in [5.74, 6) is -0.457.